The summed E-state index contributed by atoms with van der Waals surface area (Å²) in [5.41, 5.74) is 27.5. The molecule has 8 heterocycles. The first kappa shape index (κ1) is 74.5. The molecule has 0 amide bonds. The van der Waals surface area contributed by atoms with Crippen molar-refractivity contribution in [1.82, 2.24) is 19.9 Å². The first-order chi connectivity index (χ1) is 52.3. The fourth-order valence-electron chi connectivity index (χ4n) is 14.9. The van der Waals surface area contributed by atoms with Gasteiger partial charge >= 0.3 is 23.3 Å². The van der Waals surface area contributed by atoms with E-state index in [1.54, 1.807) is 0 Å². The standard InChI is InChI=1S/C26H29N3.C24H25N3.C23H20N4.C23H23N3/c1-18-11-9-10-14-29(18)24-16-21(26(3,4)5)15-22(19(24)2)25-27-23-13-8-7-12-20(23)17-28(25)6;1-16-13-17(2)23(19(4)22(16)24-25-11-8-12-26(24)5)27-15-21-10-7-6-9-20(21)14-18(27)3;1-16-9-7-8-12-27(16)22-14-19(24-3)13-20(17(22)2)23-25-21-11-6-5-10-18(21)15-26(23)4;1-16-13-20(18(3)22(14-16)26-12-8-7-9-17(26)2)23-24-21-11-6-5-10-19(21)15-25(23)4/h7-17H,1-6H3;6-15H,1-5H3;5-15H,1-2,4H3;5-15H,1-4H3/q4*+2. The Bertz CT molecular complexity index is 6260. The Hall–Kier alpha value is -12.8. The highest BCUT2D eigenvalue weighted by atomic mass is 15.1. The van der Waals surface area contributed by atoms with Crippen molar-refractivity contribution in [3.63, 3.8) is 0 Å². The van der Waals surface area contributed by atoms with Crippen molar-refractivity contribution < 1.29 is 36.5 Å². The van der Waals surface area contributed by atoms with Crippen LogP contribution in [-0.2, 0) is 33.6 Å². The first-order valence-electron chi connectivity index (χ1n) is 37.2. The molecule has 538 valence electrons. The maximum Gasteiger partial charge on any atom is 0.331 e. The van der Waals surface area contributed by atoms with Crippen LogP contribution in [0.25, 0.3) is 117 Å². The Balaban J connectivity index is 0.000000128. The van der Waals surface area contributed by atoms with Crippen LogP contribution in [0.2, 0.25) is 0 Å². The molecule has 0 aliphatic rings. The molecule has 16 rings (SSSR count). The number of benzene rings is 8. The molecular weight excluding hydrogens is 1340 g/mol. The summed E-state index contributed by atoms with van der Waals surface area (Å²) in [5, 5.41) is 5.91. The smallest absolute Gasteiger partial charge is 0.238 e. The van der Waals surface area contributed by atoms with Crippen molar-refractivity contribution in [2.45, 2.75) is 102 Å². The van der Waals surface area contributed by atoms with Gasteiger partial charge in [-0.15, -0.1) is 0 Å². The second-order valence-electron chi connectivity index (χ2n) is 29.8. The lowest BCUT2D eigenvalue weighted by molar-refractivity contribution is -0.663. The number of nitrogens with zero attached hydrogens (tertiary/aromatic N) is 13. The minimum atomic E-state index is 0.0376. The summed E-state index contributed by atoms with van der Waals surface area (Å²) < 4.78 is 17.3. The van der Waals surface area contributed by atoms with E-state index in [2.05, 4.69) is 349 Å². The predicted octanol–water partition coefficient (Wildman–Crippen LogP) is 17.3. The molecule has 13 heteroatoms. The summed E-state index contributed by atoms with van der Waals surface area (Å²) in [6.07, 6.45) is 18.9. The zero-order chi connectivity index (χ0) is 77.1. The van der Waals surface area contributed by atoms with E-state index in [-0.39, 0.29) is 5.41 Å². The van der Waals surface area contributed by atoms with Gasteiger partial charge in [-0.2, -0.15) is 18.3 Å². The molecule has 13 nitrogen and oxygen atoms in total. The third-order valence-electron chi connectivity index (χ3n) is 20.8. The predicted molar refractivity (Wildman–Crippen MR) is 437 cm³/mol. The van der Waals surface area contributed by atoms with Crippen molar-refractivity contribution in [1.29, 1.82) is 0 Å². The molecule has 109 heavy (non-hydrogen) atoms. The number of aromatic nitrogens is 12. The number of hydrogen-bond acceptors (Lipinski definition) is 4. The van der Waals surface area contributed by atoms with Crippen molar-refractivity contribution in [3.8, 4) is 68.3 Å². The normalized spacial score (nSPS) is 11.2. The van der Waals surface area contributed by atoms with Crippen LogP contribution in [0.4, 0.5) is 5.69 Å². The third kappa shape index (κ3) is 15.5. The van der Waals surface area contributed by atoms with Gasteiger partial charge in [-0.3, -0.25) is 0 Å². The second-order valence-corrected chi connectivity index (χ2v) is 29.8. The van der Waals surface area contributed by atoms with Crippen molar-refractivity contribution in [2.24, 2.45) is 28.2 Å². The summed E-state index contributed by atoms with van der Waals surface area (Å²) in [6, 6.07) is 71.3. The molecule has 0 bridgehead atoms. The van der Waals surface area contributed by atoms with E-state index in [0.717, 1.165) is 78.5 Å². The minimum absolute atomic E-state index is 0.0376. The SMILES string of the molecule is Cc1c(-c2nc3ccccc3c[n+]2C)cc(C(C)(C)C)cc1-[n+]1ccccc1C.Cc1cc(-c2nc3ccccc3c[n+]2C)c(C)c(-[n+]2ccccc2C)c1.Cc1cc(C)c(-[n+]2cc3ccccc3cc2C)c(C)c1-c1nccc[n+]1C.[C-]#[N+]c1cc(-c2nc3ccccc3c[n+]2C)c(C)c(-[n+]2ccccc2C)c1. The van der Waals surface area contributed by atoms with E-state index in [0.29, 0.717) is 5.69 Å². The Morgan fingerprint density at radius 3 is 1.22 bits per heavy atom. The molecular formula is C96H97N13+8. The van der Waals surface area contributed by atoms with Gasteiger partial charge in [0.15, 0.2) is 69.8 Å². The molecule has 16 aromatic rings. The van der Waals surface area contributed by atoms with Crippen LogP contribution in [0.3, 0.4) is 0 Å². The van der Waals surface area contributed by atoms with Gasteiger partial charge in [0.05, 0.1) is 79.4 Å². The number of fused-ring (bicyclic) bond motifs is 4. The zero-order valence-electron chi connectivity index (χ0n) is 66.1. The van der Waals surface area contributed by atoms with Gasteiger partial charge in [-0.1, -0.05) is 93.6 Å². The monoisotopic (exact) mass is 1430 g/mol. The van der Waals surface area contributed by atoms with Crippen LogP contribution < -0.4 is 36.5 Å². The van der Waals surface area contributed by atoms with E-state index in [1.807, 2.05) is 84.7 Å². The van der Waals surface area contributed by atoms with Crippen molar-refractivity contribution >= 4 is 49.2 Å². The lowest BCUT2D eigenvalue weighted by Crippen LogP contribution is -2.37. The highest BCUT2D eigenvalue weighted by molar-refractivity contribution is 5.83. The summed E-state index contributed by atoms with van der Waals surface area (Å²) in [5.74, 6) is 3.82. The third-order valence-corrected chi connectivity index (χ3v) is 20.8. The molecule has 0 saturated carbocycles. The van der Waals surface area contributed by atoms with E-state index in [9.17, 15) is 0 Å². The lowest BCUT2D eigenvalue weighted by Gasteiger charge is -2.21. The topological polar surface area (TPSA) is 87.0 Å². The Morgan fingerprint density at radius 1 is 0.339 bits per heavy atom. The van der Waals surface area contributed by atoms with Crippen molar-refractivity contribution in [3.05, 3.63) is 341 Å². The molecule has 8 aromatic heterocycles. The van der Waals surface area contributed by atoms with Crippen LogP contribution in [-0.4, -0.2) is 19.9 Å². The lowest BCUT2D eigenvalue weighted by atomic mass is 9.84. The van der Waals surface area contributed by atoms with Crippen LogP contribution in [0.1, 0.15) is 88.1 Å². The number of rotatable bonds is 8. The Kier molecular flexibility index (Phi) is 21.4. The van der Waals surface area contributed by atoms with Gasteiger partial charge in [0.1, 0.15) is 24.8 Å². The summed E-state index contributed by atoms with van der Waals surface area (Å²) >= 11 is 0. The minimum Gasteiger partial charge on any atom is -0.238 e. The quantitative estimate of drug-likeness (QED) is 0.112. The Morgan fingerprint density at radius 2 is 0.761 bits per heavy atom. The second kappa shape index (κ2) is 31.3. The highest BCUT2D eigenvalue weighted by Crippen LogP contribution is 2.35. The van der Waals surface area contributed by atoms with Gasteiger partial charge in [-0.25, -0.2) is 23.1 Å². The molecule has 0 N–H and O–H groups in total. The van der Waals surface area contributed by atoms with Crippen LogP contribution >= 0.6 is 0 Å². The molecule has 0 unspecified atom stereocenters. The number of pyridine rings is 4. The van der Waals surface area contributed by atoms with Crippen molar-refractivity contribution in [2.75, 3.05) is 0 Å². The average molecular weight is 1430 g/mol. The fraction of sp³-hybridized carbons (Fsp3) is 0.198. The number of aryl methyl sites for hydroxylation is 11. The first-order valence-corrected chi connectivity index (χ1v) is 37.2. The molecule has 0 aliphatic carbocycles. The highest BCUT2D eigenvalue weighted by Gasteiger charge is 2.31. The molecule has 0 aliphatic heterocycles. The van der Waals surface area contributed by atoms with Crippen LogP contribution in [0, 0.1) is 82.7 Å². The van der Waals surface area contributed by atoms with Gasteiger partial charge in [0.25, 0.3) is 0 Å². The molecule has 0 radical (unpaired) electrons. The van der Waals surface area contributed by atoms with Gasteiger partial charge < -0.3 is 0 Å². The van der Waals surface area contributed by atoms with E-state index in [1.165, 1.54) is 101 Å². The molecule has 0 fully saturated rings. The Labute approximate surface area is 641 Å². The van der Waals surface area contributed by atoms with E-state index >= 15 is 0 Å². The van der Waals surface area contributed by atoms with Gasteiger partial charge in [-0.05, 0) is 163 Å². The zero-order valence-corrected chi connectivity index (χ0v) is 66.1. The number of hydrogen-bond donors (Lipinski definition) is 0. The maximum absolute atomic E-state index is 7.56. The molecule has 8 aromatic carbocycles. The summed E-state index contributed by atoms with van der Waals surface area (Å²) in [4.78, 5) is 23.3. The molecule has 0 saturated heterocycles. The average Bonchev–Trinajstić information content (AvgIpc) is 0.775. The van der Waals surface area contributed by atoms with Gasteiger partial charge in [0.2, 0.25) is 22.7 Å². The fourth-order valence-corrected chi connectivity index (χ4v) is 14.9. The van der Waals surface area contributed by atoms with Crippen LogP contribution in [0.15, 0.2) is 262 Å². The van der Waals surface area contributed by atoms with Crippen LogP contribution in [0.5, 0.6) is 0 Å². The van der Waals surface area contributed by atoms with E-state index in [4.69, 9.17) is 21.5 Å². The summed E-state index contributed by atoms with van der Waals surface area (Å²) in [6.45, 7) is 38.1. The maximum atomic E-state index is 7.56. The summed E-state index contributed by atoms with van der Waals surface area (Å²) in [7, 11) is 8.20. The van der Waals surface area contributed by atoms with Gasteiger partial charge in [0, 0.05) is 128 Å². The van der Waals surface area contributed by atoms with E-state index < -0.39 is 0 Å². The molecule has 0 atom stereocenters. The molecule has 0 spiro atoms. The largest absolute Gasteiger partial charge is 0.331 e. The number of para-hydroxylation sites is 3.